The molecule has 0 saturated heterocycles. The molecule has 4 nitrogen and oxygen atoms in total. The number of pyridine rings is 1. The summed E-state index contributed by atoms with van der Waals surface area (Å²) in [4.78, 5) is 19.8. The van der Waals surface area contributed by atoms with Gasteiger partial charge in [0.2, 0.25) is 5.91 Å². The van der Waals surface area contributed by atoms with Crippen molar-refractivity contribution in [2.75, 3.05) is 0 Å². The number of fused-ring (bicyclic) bond motifs is 1. The molecule has 94 valence electrons. The summed E-state index contributed by atoms with van der Waals surface area (Å²) in [6.07, 6.45) is 3.49. The van der Waals surface area contributed by atoms with Crippen molar-refractivity contribution < 1.29 is 4.79 Å². The zero-order valence-electron chi connectivity index (χ0n) is 9.63. The maximum absolute atomic E-state index is 11.2. The largest absolute Gasteiger partial charge is 0.366 e. The number of carbonyl (C=O) groups is 1. The number of carbonyl (C=O) groups excluding carboxylic acids is 1. The van der Waals surface area contributed by atoms with Crippen molar-refractivity contribution in [3.8, 4) is 10.6 Å². The van der Waals surface area contributed by atoms with Gasteiger partial charge in [0.1, 0.15) is 5.01 Å². The lowest BCUT2D eigenvalue weighted by Crippen LogP contribution is -2.10. The van der Waals surface area contributed by atoms with Crippen molar-refractivity contribution in [1.82, 2.24) is 9.97 Å². The number of nitrogens with two attached hydrogens (primary N) is 1. The molecule has 2 N–H and O–H groups in total. The average Bonchev–Trinajstić information content (AvgIpc) is 2.81. The highest BCUT2D eigenvalue weighted by molar-refractivity contribution is 9.10. The van der Waals surface area contributed by atoms with E-state index in [2.05, 4.69) is 25.9 Å². The van der Waals surface area contributed by atoms with Gasteiger partial charge in [0, 0.05) is 28.0 Å². The predicted octanol–water partition coefficient (Wildman–Crippen LogP) is 3.22. The molecule has 0 aliphatic heterocycles. The summed E-state index contributed by atoms with van der Waals surface area (Å²) in [6, 6.07) is 7.22. The quantitative estimate of drug-likeness (QED) is 0.782. The number of halogens is 1. The van der Waals surface area contributed by atoms with Crippen molar-refractivity contribution in [2.24, 2.45) is 5.73 Å². The third-order valence-corrected chi connectivity index (χ3v) is 4.13. The molecule has 0 bridgehead atoms. The van der Waals surface area contributed by atoms with E-state index in [0.717, 1.165) is 25.3 Å². The van der Waals surface area contributed by atoms with E-state index in [-0.39, 0.29) is 0 Å². The topological polar surface area (TPSA) is 68.9 Å². The first-order valence-corrected chi connectivity index (χ1v) is 7.06. The summed E-state index contributed by atoms with van der Waals surface area (Å²) < 4.78 is 1.84. The van der Waals surface area contributed by atoms with E-state index < -0.39 is 5.91 Å². The van der Waals surface area contributed by atoms with Crippen molar-refractivity contribution in [1.29, 1.82) is 0 Å². The first-order valence-electron chi connectivity index (χ1n) is 5.45. The van der Waals surface area contributed by atoms with Gasteiger partial charge in [0.05, 0.1) is 10.2 Å². The van der Waals surface area contributed by atoms with E-state index in [4.69, 9.17) is 5.73 Å². The van der Waals surface area contributed by atoms with Crippen LogP contribution in [0.4, 0.5) is 0 Å². The molecule has 19 heavy (non-hydrogen) atoms. The molecule has 2 heterocycles. The molecule has 0 aliphatic carbocycles. The fourth-order valence-corrected chi connectivity index (χ4v) is 3.08. The normalized spacial score (nSPS) is 10.8. The molecule has 1 aromatic carbocycles. The molecular formula is C13H8BrN3OS. The number of rotatable bonds is 2. The highest BCUT2D eigenvalue weighted by Crippen LogP contribution is 2.31. The first-order chi connectivity index (χ1) is 9.13. The van der Waals surface area contributed by atoms with E-state index in [0.29, 0.717) is 5.56 Å². The molecule has 3 aromatic rings. The number of hydrogen-bond acceptors (Lipinski definition) is 4. The third-order valence-electron chi connectivity index (χ3n) is 2.62. The Labute approximate surface area is 121 Å². The van der Waals surface area contributed by atoms with Crippen LogP contribution in [0.2, 0.25) is 0 Å². The van der Waals surface area contributed by atoms with Gasteiger partial charge in [-0.3, -0.25) is 9.78 Å². The minimum atomic E-state index is -0.430. The standard InChI is InChI=1S/C13H8BrN3OS/c14-9-3-8(5-16-6-9)13-17-10-2-1-7(12(15)18)4-11(10)19-13/h1-6H,(H2,15,18). The Bertz CT molecular complexity index is 784. The fourth-order valence-electron chi connectivity index (χ4n) is 1.73. The van der Waals surface area contributed by atoms with Crippen LogP contribution in [0.15, 0.2) is 41.1 Å². The van der Waals surface area contributed by atoms with Crippen molar-refractivity contribution in [3.63, 3.8) is 0 Å². The Morgan fingerprint density at radius 1 is 1.26 bits per heavy atom. The lowest BCUT2D eigenvalue weighted by atomic mass is 10.2. The molecule has 0 unspecified atom stereocenters. The average molecular weight is 334 g/mol. The highest BCUT2D eigenvalue weighted by atomic mass is 79.9. The van der Waals surface area contributed by atoms with Crippen LogP contribution in [-0.2, 0) is 0 Å². The number of nitrogens with zero attached hydrogens (tertiary/aromatic N) is 2. The zero-order chi connectivity index (χ0) is 13.4. The number of amides is 1. The Hall–Kier alpha value is -1.79. The van der Waals surface area contributed by atoms with Crippen LogP contribution in [0.1, 0.15) is 10.4 Å². The van der Waals surface area contributed by atoms with Crippen molar-refractivity contribution in [3.05, 3.63) is 46.7 Å². The monoisotopic (exact) mass is 333 g/mol. The maximum atomic E-state index is 11.2. The van der Waals surface area contributed by atoms with Crippen molar-refractivity contribution >= 4 is 43.4 Å². The molecule has 3 rings (SSSR count). The van der Waals surface area contributed by atoms with E-state index in [1.165, 1.54) is 11.3 Å². The number of aromatic nitrogens is 2. The molecule has 0 saturated carbocycles. The minimum absolute atomic E-state index is 0.430. The Balaban J connectivity index is 2.14. The lowest BCUT2D eigenvalue weighted by Gasteiger charge is -1.94. The smallest absolute Gasteiger partial charge is 0.248 e. The van der Waals surface area contributed by atoms with Crippen LogP contribution in [0.5, 0.6) is 0 Å². The fraction of sp³-hybridized carbons (Fsp3) is 0. The van der Waals surface area contributed by atoms with Gasteiger partial charge in [0.25, 0.3) is 0 Å². The molecule has 0 aliphatic rings. The number of hydrogen-bond donors (Lipinski definition) is 1. The van der Waals surface area contributed by atoms with Gasteiger partial charge in [-0.15, -0.1) is 11.3 Å². The van der Waals surface area contributed by atoms with Gasteiger partial charge in [-0.05, 0) is 40.2 Å². The first kappa shape index (κ1) is 12.3. The second-order valence-electron chi connectivity index (χ2n) is 3.96. The molecule has 2 aromatic heterocycles. The van der Waals surface area contributed by atoms with Crippen LogP contribution >= 0.6 is 27.3 Å². The van der Waals surface area contributed by atoms with Crippen LogP contribution < -0.4 is 5.73 Å². The second-order valence-corrected chi connectivity index (χ2v) is 5.90. The minimum Gasteiger partial charge on any atom is -0.366 e. The van der Waals surface area contributed by atoms with Crippen molar-refractivity contribution in [2.45, 2.75) is 0 Å². The Morgan fingerprint density at radius 3 is 2.84 bits per heavy atom. The maximum Gasteiger partial charge on any atom is 0.248 e. The van der Waals surface area contributed by atoms with Crippen LogP contribution in [-0.4, -0.2) is 15.9 Å². The molecule has 1 amide bonds. The summed E-state index contributed by atoms with van der Waals surface area (Å²) in [5.41, 5.74) is 7.56. The van der Waals surface area contributed by atoms with Gasteiger partial charge in [-0.25, -0.2) is 4.98 Å². The summed E-state index contributed by atoms with van der Waals surface area (Å²) >= 11 is 4.90. The Morgan fingerprint density at radius 2 is 2.11 bits per heavy atom. The van der Waals surface area contributed by atoms with Crippen LogP contribution in [0.25, 0.3) is 20.8 Å². The van der Waals surface area contributed by atoms with Gasteiger partial charge in [0.15, 0.2) is 0 Å². The molecule has 0 fully saturated rings. The molecular weight excluding hydrogens is 326 g/mol. The number of primary amides is 1. The van der Waals surface area contributed by atoms with Gasteiger partial charge >= 0.3 is 0 Å². The molecule has 0 spiro atoms. The zero-order valence-corrected chi connectivity index (χ0v) is 12.0. The van der Waals surface area contributed by atoms with Crippen LogP contribution in [0, 0.1) is 0 Å². The third kappa shape index (κ3) is 2.36. The Kier molecular flexibility index (Phi) is 3.04. The van der Waals surface area contributed by atoms with Gasteiger partial charge in [-0.1, -0.05) is 0 Å². The molecule has 0 atom stereocenters. The lowest BCUT2D eigenvalue weighted by molar-refractivity contribution is 0.100. The SMILES string of the molecule is NC(=O)c1ccc2nc(-c3cncc(Br)c3)sc2c1. The summed E-state index contributed by atoms with van der Waals surface area (Å²) in [5.74, 6) is -0.430. The summed E-state index contributed by atoms with van der Waals surface area (Å²) in [7, 11) is 0. The molecule has 6 heteroatoms. The van der Waals surface area contributed by atoms with Gasteiger partial charge in [-0.2, -0.15) is 0 Å². The predicted molar refractivity (Wildman–Crippen MR) is 79.1 cm³/mol. The van der Waals surface area contributed by atoms with E-state index in [1.54, 1.807) is 30.6 Å². The van der Waals surface area contributed by atoms with E-state index in [1.807, 2.05) is 6.07 Å². The number of benzene rings is 1. The molecule has 0 radical (unpaired) electrons. The highest BCUT2D eigenvalue weighted by Gasteiger charge is 2.09. The van der Waals surface area contributed by atoms with Gasteiger partial charge < -0.3 is 5.73 Å². The second kappa shape index (κ2) is 4.71. The van der Waals surface area contributed by atoms with E-state index in [9.17, 15) is 4.79 Å². The van der Waals surface area contributed by atoms with Crippen LogP contribution in [0.3, 0.4) is 0 Å². The summed E-state index contributed by atoms with van der Waals surface area (Å²) in [5, 5.41) is 0.866. The number of thiazole rings is 1. The van der Waals surface area contributed by atoms with E-state index >= 15 is 0 Å². The summed E-state index contributed by atoms with van der Waals surface area (Å²) in [6.45, 7) is 0.